The molecular weight excluding hydrogens is 860 g/mol. The molecule has 0 spiro atoms. The van der Waals surface area contributed by atoms with Crippen LogP contribution in [0.25, 0.3) is 0 Å². The minimum absolute atomic E-state index is 0.0323. The normalized spacial score (nSPS) is 16.4. The molecule has 0 radical (unpaired) electrons. The topological polar surface area (TPSA) is 441 Å². The number of aliphatic hydroxyl groups is 4. The molecule has 0 bridgehead atoms. The van der Waals surface area contributed by atoms with E-state index in [0.29, 0.717) is 0 Å². The number of nitrogens with one attached hydrogen (secondary N) is 8. The third-order valence-corrected chi connectivity index (χ3v) is 9.60. The molecular formula is C39H72N12O14. The van der Waals surface area contributed by atoms with Crippen LogP contribution >= 0.6 is 0 Å². The Hall–Kier alpha value is -5.70. The minimum Gasteiger partial charge on any atom is -0.480 e. The van der Waals surface area contributed by atoms with Crippen LogP contribution in [-0.2, 0) is 43.2 Å². The van der Waals surface area contributed by atoms with Crippen LogP contribution in [0.3, 0.4) is 0 Å². The zero-order valence-electron chi connectivity index (χ0n) is 38.4. The number of aliphatic imine (C=N–C) groups is 1. The van der Waals surface area contributed by atoms with Crippen molar-refractivity contribution in [3.05, 3.63) is 0 Å². The molecule has 0 rings (SSSR count). The molecule has 372 valence electrons. The number of carbonyl (C=O) groups is 9. The number of aliphatic carboxylic acids is 1. The smallest absolute Gasteiger partial charge is 0.326 e. The van der Waals surface area contributed by atoms with Crippen molar-refractivity contribution >= 4 is 59.2 Å². The number of carboxylic acids is 1. The quantitative estimate of drug-likeness (QED) is 0.0188. The maximum atomic E-state index is 13.8. The van der Waals surface area contributed by atoms with Crippen LogP contribution in [0.5, 0.6) is 0 Å². The fourth-order valence-electron chi connectivity index (χ4n) is 5.96. The van der Waals surface area contributed by atoms with E-state index in [1.807, 2.05) is 0 Å². The second-order valence-corrected chi connectivity index (χ2v) is 16.7. The van der Waals surface area contributed by atoms with Gasteiger partial charge in [-0.2, -0.15) is 0 Å². The number of rotatable bonds is 29. The predicted octanol–water partition coefficient (Wildman–Crippen LogP) is -6.55. The summed E-state index contributed by atoms with van der Waals surface area (Å²) in [6.07, 6.45) is -4.78. The molecule has 0 saturated carbocycles. The van der Waals surface area contributed by atoms with Crippen LogP contribution < -0.4 is 59.7 Å². The van der Waals surface area contributed by atoms with Crippen molar-refractivity contribution < 1.29 is 68.7 Å². The standard InChI is InChI=1S/C39H72N12O14/c1-16(2)13-23(44-25(56)14-40)32(58)50-28(19(7)53)35(61)45-22(11-10-12-43-39(41)42)31(57)49-29(20(8)54)36(62)46-24(15-52)33(59)47-26(17(3)4)34(60)51-30(21(9)55)37(63)48-27(18(5)6)38(64)65/h16-24,26-30,52-55H,10-15,40H2,1-9H3,(H,44,56)(H,45,61)(H,46,62)(H,47,59)(H,48,63)(H,49,57)(H,50,58)(H,51,60)(H,64,65)(H4,41,42,43)/t19-,20-,21-,22+,23+,24+,26+,27+,28+,29+,30+/m1/s1. The Morgan fingerprint density at radius 1 is 0.508 bits per heavy atom. The molecule has 26 heteroatoms. The number of guanidine groups is 1. The average Bonchev–Trinajstić information content (AvgIpc) is 3.19. The maximum absolute atomic E-state index is 13.8. The number of carbonyl (C=O) groups excluding carboxylic acids is 8. The molecule has 0 aliphatic heterocycles. The molecule has 11 atom stereocenters. The van der Waals surface area contributed by atoms with Crippen LogP contribution in [0.15, 0.2) is 4.99 Å². The van der Waals surface area contributed by atoms with Crippen LogP contribution in [0.1, 0.15) is 81.6 Å². The van der Waals surface area contributed by atoms with Gasteiger partial charge in [0, 0.05) is 6.54 Å². The largest absolute Gasteiger partial charge is 0.480 e. The number of hydrogen-bond acceptors (Lipinski definition) is 15. The Morgan fingerprint density at radius 3 is 1.26 bits per heavy atom. The lowest BCUT2D eigenvalue weighted by atomic mass is 10.0. The minimum atomic E-state index is -1.85. The van der Waals surface area contributed by atoms with E-state index in [0.717, 1.165) is 6.92 Å². The zero-order chi connectivity index (χ0) is 50.5. The van der Waals surface area contributed by atoms with Crippen LogP contribution in [-0.4, -0.2) is 171 Å². The molecule has 8 amide bonds. The third-order valence-electron chi connectivity index (χ3n) is 9.60. The first-order valence-corrected chi connectivity index (χ1v) is 21.1. The van der Waals surface area contributed by atoms with Gasteiger partial charge in [0.25, 0.3) is 0 Å². The highest BCUT2D eigenvalue weighted by Crippen LogP contribution is 2.10. The molecule has 0 unspecified atom stereocenters. The summed E-state index contributed by atoms with van der Waals surface area (Å²) >= 11 is 0. The summed E-state index contributed by atoms with van der Waals surface area (Å²) < 4.78 is 0. The van der Waals surface area contributed by atoms with Gasteiger partial charge >= 0.3 is 5.97 Å². The molecule has 0 aromatic carbocycles. The van der Waals surface area contributed by atoms with E-state index in [4.69, 9.17) is 17.2 Å². The Labute approximate surface area is 377 Å². The molecule has 0 heterocycles. The molecule has 0 aliphatic carbocycles. The fraction of sp³-hybridized carbons (Fsp3) is 0.744. The Morgan fingerprint density at radius 2 is 0.877 bits per heavy atom. The number of carboxylic acid groups (broad SMARTS) is 1. The molecule has 0 fully saturated rings. The summed E-state index contributed by atoms with van der Waals surface area (Å²) in [4.78, 5) is 121. The first kappa shape index (κ1) is 59.3. The van der Waals surface area contributed by atoms with Gasteiger partial charge in [-0.15, -0.1) is 0 Å². The average molecular weight is 933 g/mol. The van der Waals surface area contributed by atoms with Crippen LogP contribution in [0.4, 0.5) is 0 Å². The lowest BCUT2D eigenvalue weighted by Crippen LogP contribution is -2.63. The van der Waals surface area contributed by atoms with E-state index in [9.17, 15) is 68.7 Å². The van der Waals surface area contributed by atoms with E-state index in [-0.39, 0.29) is 37.7 Å². The van der Waals surface area contributed by atoms with Crippen molar-refractivity contribution in [2.45, 2.75) is 148 Å². The summed E-state index contributed by atoms with van der Waals surface area (Å²) in [6, 6.07) is -12.5. The summed E-state index contributed by atoms with van der Waals surface area (Å²) in [5.41, 5.74) is 16.2. The lowest BCUT2D eigenvalue weighted by molar-refractivity contribution is -0.144. The highest BCUT2D eigenvalue weighted by Gasteiger charge is 2.38. The van der Waals surface area contributed by atoms with Crippen LogP contribution in [0, 0.1) is 17.8 Å². The number of hydrogen-bond donors (Lipinski definition) is 16. The molecule has 0 aromatic rings. The van der Waals surface area contributed by atoms with Gasteiger partial charge in [0.1, 0.15) is 48.3 Å². The molecule has 19 N–H and O–H groups in total. The van der Waals surface area contributed by atoms with Gasteiger partial charge in [-0.25, -0.2) is 4.79 Å². The van der Waals surface area contributed by atoms with E-state index >= 15 is 0 Å². The Balaban J connectivity index is 6.36. The summed E-state index contributed by atoms with van der Waals surface area (Å²) in [7, 11) is 0. The van der Waals surface area contributed by atoms with Gasteiger partial charge in [-0.05, 0) is 57.8 Å². The van der Waals surface area contributed by atoms with Crippen LogP contribution in [0.2, 0.25) is 0 Å². The zero-order valence-corrected chi connectivity index (χ0v) is 38.4. The van der Waals surface area contributed by atoms with Gasteiger partial charge in [0.2, 0.25) is 47.3 Å². The lowest BCUT2D eigenvalue weighted by Gasteiger charge is -2.30. The summed E-state index contributed by atoms with van der Waals surface area (Å²) in [5.74, 6) is -11.0. The van der Waals surface area contributed by atoms with Crippen molar-refractivity contribution in [2.24, 2.45) is 39.9 Å². The fourth-order valence-corrected chi connectivity index (χ4v) is 5.96. The van der Waals surface area contributed by atoms with Crippen molar-refractivity contribution in [3.63, 3.8) is 0 Å². The number of nitrogens with two attached hydrogens (primary N) is 3. The molecule has 0 aliphatic rings. The van der Waals surface area contributed by atoms with E-state index < -0.39 is 145 Å². The Bertz CT molecular complexity index is 1660. The molecule has 0 aromatic heterocycles. The molecule has 65 heavy (non-hydrogen) atoms. The second-order valence-electron chi connectivity index (χ2n) is 16.7. The molecule has 26 nitrogen and oxygen atoms in total. The first-order chi connectivity index (χ1) is 30.1. The van der Waals surface area contributed by atoms with Crippen molar-refractivity contribution in [3.8, 4) is 0 Å². The van der Waals surface area contributed by atoms with Crippen molar-refractivity contribution in [1.82, 2.24) is 42.5 Å². The van der Waals surface area contributed by atoms with Gasteiger partial charge in [0.15, 0.2) is 5.96 Å². The first-order valence-electron chi connectivity index (χ1n) is 21.1. The van der Waals surface area contributed by atoms with Crippen molar-refractivity contribution in [2.75, 3.05) is 19.7 Å². The summed E-state index contributed by atoms with van der Waals surface area (Å²) in [5, 5.41) is 69.6. The SMILES string of the molecule is CC(C)C[C@H](NC(=O)CN)C(=O)N[C@H](C(=O)N[C@@H](CCCN=C(N)N)C(=O)N[C@H](C(=O)N[C@@H](CO)C(=O)N[C@H](C(=O)N[C@H](C(=O)N[C@H](C(=O)O)C(C)C)[C@@H](C)O)C(C)C)[C@@H](C)O)[C@@H](C)O. The highest BCUT2D eigenvalue weighted by atomic mass is 16.4. The third kappa shape index (κ3) is 21.2. The monoisotopic (exact) mass is 933 g/mol. The second kappa shape index (κ2) is 29.0. The number of aliphatic hydroxyl groups excluding tert-OH is 4. The molecule has 0 saturated heterocycles. The van der Waals surface area contributed by atoms with Crippen molar-refractivity contribution in [1.29, 1.82) is 0 Å². The summed E-state index contributed by atoms with van der Waals surface area (Å²) in [6.45, 7) is 11.5. The number of nitrogens with zero attached hydrogens (tertiary/aromatic N) is 1. The van der Waals surface area contributed by atoms with Gasteiger partial charge in [-0.1, -0.05) is 41.5 Å². The van der Waals surface area contributed by atoms with E-state index in [2.05, 4.69) is 47.5 Å². The van der Waals surface area contributed by atoms with E-state index in [1.54, 1.807) is 13.8 Å². The number of amides is 8. The predicted molar refractivity (Wildman–Crippen MR) is 233 cm³/mol. The maximum Gasteiger partial charge on any atom is 0.326 e. The van der Waals surface area contributed by atoms with Gasteiger partial charge in [-0.3, -0.25) is 43.3 Å². The Kier molecular flexibility index (Phi) is 26.4. The highest BCUT2D eigenvalue weighted by molar-refractivity contribution is 5.98. The van der Waals surface area contributed by atoms with Gasteiger partial charge < -0.3 is 85.3 Å². The van der Waals surface area contributed by atoms with E-state index in [1.165, 1.54) is 41.5 Å². The van der Waals surface area contributed by atoms with Gasteiger partial charge in [0.05, 0.1) is 31.5 Å².